The van der Waals surface area contributed by atoms with Crippen LogP contribution in [0.2, 0.25) is 0 Å². The van der Waals surface area contributed by atoms with Gasteiger partial charge in [-0.05, 0) is 42.7 Å². The fourth-order valence-electron chi connectivity index (χ4n) is 2.57. The largest absolute Gasteiger partial charge is 0.357 e. The Morgan fingerprint density at radius 3 is 2.52 bits per heavy atom. The highest BCUT2D eigenvalue weighted by molar-refractivity contribution is 14.0. The molecule has 6 nitrogen and oxygen atoms in total. The van der Waals surface area contributed by atoms with Gasteiger partial charge in [0, 0.05) is 20.1 Å². The van der Waals surface area contributed by atoms with E-state index in [1.54, 1.807) is 12.1 Å². The van der Waals surface area contributed by atoms with E-state index in [-0.39, 0.29) is 28.9 Å². The molecule has 2 rings (SSSR count). The van der Waals surface area contributed by atoms with Gasteiger partial charge in [-0.3, -0.25) is 0 Å². The number of benzene rings is 2. The van der Waals surface area contributed by atoms with Crippen LogP contribution in [0.25, 0.3) is 0 Å². The van der Waals surface area contributed by atoms with Crippen LogP contribution in [0.1, 0.15) is 23.6 Å². The molecule has 0 aliphatic carbocycles. The SMILES string of the molecule is CCNC(=NCc1cccc(S(N)(=O)=O)c1)N(C)Cc1ccccc1C.I. The lowest BCUT2D eigenvalue weighted by atomic mass is 10.1. The van der Waals surface area contributed by atoms with E-state index in [1.807, 2.05) is 32.2 Å². The lowest BCUT2D eigenvalue weighted by Gasteiger charge is -2.23. The van der Waals surface area contributed by atoms with Crippen molar-refractivity contribution in [1.29, 1.82) is 0 Å². The molecule has 0 saturated heterocycles. The number of rotatable bonds is 6. The van der Waals surface area contributed by atoms with Crippen molar-refractivity contribution in [3.63, 3.8) is 0 Å². The number of sulfonamides is 1. The predicted octanol–water partition coefficient (Wildman–Crippen LogP) is 2.86. The van der Waals surface area contributed by atoms with Gasteiger partial charge in [0.25, 0.3) is 0 Å². The number of nitrogens with two attached hydrogens (primary N) is 1. The number of halogens is 1. The molecule has 0 unspecified atom stereocenters. The summed E-state index contributed by atoms with van der Waals surface area (Å²) in [5, 5.41) is 8.46. The Balaban J connectivity index is 0.00000364. The number of primary sulfonamides is 1. The van der Waals surface area contributed by atoms with Crippen molar-refractivity contribution in [2.24, 2.45) is 10.1 Å². The van der Waals surface area contributed by atoms with E-state index in [9.17, 15) is 8.42 Å². The van der Waals surface area contributed by atoms with Gasteiger partial charge in [-0.1, -0.05) is 36.4 Å². The Morgan fingerprint density at radius 1 is 1.19 bits per heavy atom. The van der Waals surface area contributed by atoms with Gasteiger partial charge in [0.2, 0.25) is 10.0 Å². The summed E-state index contributed by atoms with van der Waals surface area (Å²) in [6.07, 6.45) is 0. The van der Waals surface area contributed by atoms with Crippen LogP contribution in [0.4, 0.5) is 0 Å². The number of nitrogens with one attached hydrogen (secondary N) is 1. The number of guanidine groups is 1. The number of hydrogen-bond acceptors (Lipinski definition) is 3. The standard InChI is InChI=1S/C19H26N4O2S.HI/c1-4-21-19(23(3)14-17-10-6-5-8-15(17)2)22-13-16-9-7-11-18(12-16)26(20,24)25;/h5-12H,4,13-14H2,1-3H3,(H,21,22)(H2,20,24,25);1H. The van der Waals surface area contributed by atoms with Crippen molar-refractivity contribution in [2.45, 2.75) is 31.8 Å². The molecule has 148 valence electrons. The fraction of sp³-hybridized carbons (Fsp3) is 0.316. The summed E-state index contributed by atoms with van der Waals surface area (Å²) in [6, 6.07) is 14.8. The summed E-state index contributed by atoms with van der Waals surface area (Å²) in [4.78, 5) is 6.78. The van der Waals surface area contributed by atoms with Crippen molar-refractivity contribution in [1.82, 2.24) is 10.2 Å². The number of hydrogen-bond donors (Lipinski definition) is 2. The van der Waals surface area contributed by atoms with E-state index in [1.165, 1.54) is 17.2 Å². The molecule has 0 heterocycles. The lowest BCUT2D eigenvalue weighted by molar-refractivity contribution is 0.475. The van der Waals surface area contributed by atoms with Crippen LogP contribution in [0.3, 0.4) is 0 Å². The highest BCUT2D eigenvalue weighted by Crippen LogP contribution is 2.12. The molecule has 0 amide bonds. The minimum atomic E-state index is -3.71. The van der Waals surface area contributed by atoms with E-state index >= 15 is 0 Å². The second-order valence-electron chi connectivity index (χ2n) is 6.15. The van der Waals surface area contributed by atoms with Crippen LogP contribution in [0.15, 0.2) is 58.4 Å². The van der Waals surface area contributed by atoms with Gasteiger partial charge in [0.1, 0.15) is 0 Å². The zero-order valence-electron chi connectivity index (χ0n) is 15.8. The fourth-order valence-corrected chi connectivity index (χ4v) is 3.16. The van der Waals surface area contributed by atoms with Crippen LogP contribution in [0, 0.1) is 6.92 Å². The van der Waals surface area contributed by atoms with Crippen LogP contribution in [-0.4, -0.2) is 32.9 Å². The molecule has 2 aromatic carbocycles. The topological polar surface area (TPSA) is 87.8 Å². The molecule has 0 aliphatic rings. The van der Waals surface area contributed by atoms with Crippen LogP contribution in [-0.2, 0) is 23.1 Å². The Labute approximate surface area is 178 Å². The zero-order valence-corrected chi connectivity index (χ0v) is 19.0. The molecular weight excluding hydrogens is 475 g/mol. The van der Waals surface area contributed by atoms with Gasteiger partial charge in [-0.2, -0.15) is 0 Å². The number of aryl methyl sites for hydroxylation is 1. The number of aliphatic imine (C=N–C) groups is 1. The molecule has 0 aromatic heterocycles. The first-order valence-electron chi connectivity index (χ1n) is 8.47. The molecule has 0 atom stereocenters. The zero-order chi connectivity index (χ0) is 19.2. The van der Waals surface area contributed by atoms with Crippen LogP contribution in [0.5, 0.6) is 0 Å². The monoisotopic (exact) mass is 502 g/mol. The second kappa shape index (κ2) is 10.6. The van der Waals surface area contributed by atoms with Crippen molar-refractivity contribution >= 4 is 40.0 Å². The second-order valence-corrected chi connectivity index (χ2v) is 7.71. The lowest BCUT2D eigenvalue weighted by Crippen LogP contribution is -2.38. The van der Waals surface area contributed by atoms with E-state index in [4.69, 9.17) is 5.14 Å². The maximum atomic E-state index is 11.5. The van der Waals surface area contributed by atoms with Gasteiger partial charge >= 0.3 is 0 Å². The van der Waals surface area contributed by atoms with E-state index in [2.05, 4.69) is 34.3 Å². The molecule has 0 spiro atoms. The molecule has 0 radical (unpaired) electrons. The molecule has 0 aliphatic heterocycles. The van der Waals surface area contributed by atoms with Crippen molar-refractivity contribution in [3.8, 4) is 0 Å². The summed E-state index contributed by atoms with van der Waals surface area (Å²) >= 11 is 0. The average Bonchev–Trinajstić information content (AvgIpc) is 2.60. The Hall–Kier alpha value is -1.65. The summed E-state index contributed by atoms with van der Waals surface area (Å²) in [5.41, 5.74) is 3.25. The van der Waals surface area contributed by atoms with Gasteiger partial charge < -0.3 is 10.2 Å². The maximum Gasteiger partial charge on any atom is 0.238 e. The van der Waals surface area contributed by atoms with Crippen molar-refractivity contribution in [2.75, 3.05) is 13.6 Å². The molecule has 0 saturated carbocycles. The third kappa shape index (κ3) is 7.11. The Bertz CT molecular complexity index is 885. The molecule has 27 heavy (non-hydrogen) atoms. The smallest absolute Gasteiger partial charge is 0.238 e. The van der Waals surface area contributed by atoms with Gasteiger partial charge in [0.05, 0.1) is 11.4 Å². The van der Waals surface area contributed by atoms with Crippen LogP contribution >= 0.6 is 24.0 Å². The number of nitrogens with zero attached hydrogens (tertiary/aromatic N) is 2. The first-order chi connectivity index (χ1) is 12.3. The summed E-state index contributed by atoms with van der Waals surface area (Å²) < 4.78 is 23.0. The van der Waals surface area contributed by atoms with E-state index in [0.29, 0.717) is 6.54 Å². The molecule has 8 heteroatoms. The van der Waals surface area contributed by atoms with Gasteiger partial charge in [0.15, 0.2) is 5.96 Å². The summed E-state index contributed by atoms with van der Waals surface area (Å²) in [5.74, 6) is 0.761. The molecular formula is C19H27IN4O2S. The minimum absolute atomic E-state index is 0. The third-order valence-electron chi connectivity index (χ3n) is 4.00. The highest BCUT2D eigenvalue weighted by atomic mass is 127. The predicted molar refractivity (Wildman–Crippen MR) is 121 cm³/mol. The van der Waals surface area contributed by atoms with E-state index in [0.717, 1.165) is 24.6 Å². The average molecular weight is 502 g/mol. The third-order valence-corrected chi connectivity index (χ3v) is 4.91. The highest BCUT2D eigenvalue weighted by Gasteiger charge is 2.10. The van der Waals surface area contributed by atoms with Gasteiger partial charge in [-0.15, -0.1) is 24.0 Å². The van der Waals surface area contributed by atoms with Gasteiger partial charge in [-0.25, -0.2) is 18.5 Å². The first kappa shape index (κ1) is 23.4. The van der Waals surface area contributed by atoms with E-state index < -0.39 is 10.0 Å². The normalized spacial score (nSPS) is 11.6. The van der Waals surface area contributed by atoms with Crippen molar-refractivity contribution < 1.29 is 8.42 Å². The molecule has 0 fully saturated rings. The Morgan fingerprint density at radius 2 is 1.89 bits per heavy atom. The summed E-state index contributed by atoms with van der Waals surface area (Å²) in [6.45, 7) is 5.94. The minimum Gasteiger partial charge on any atom is -0.357 e. The van der Waals surface area contributed by atoms with Crippen molar-refractivity contribution in [3.05, 3.63) is 65.2 Å². The molecule has 2 aromatic rings. The quantitative estimate of drug-likeness (QED) is 0.361. The van der Waals surface area contributed by atoms with Crippen LogP contribution < -0.4 is 10.5 Å². The maximum absolute atomic E-state index is 11.5. The first-order valence-corrected chi connectivity index (χ1v) is 10.0. The molecule has 3 N–H and O–H groups in total. The Kier molecular flexibility index (Phi) is 9.20. The molecule has 0 bridgehead atoms. The summed E-state index contributed by atoms with van der Waals surface area (Å²) in [7, 11) is -1.73.